The van der Waals surface area contributed by atoms with Crippen LogP contribution in [0.2, 0.25) is 0 Å². The SMILES string of the molecule is CC(Oc1ccc(C(F)(F)F)c(C#N)c1)c1ccccc1. The lowest BCUT2D eigenvalue weighted by Gasteiger charge is -2.16. The highest BCUT2D eigenvalue weighted by molar-refractivity contribution is 5.44. The van der Waals surface area contributed by atoms with Crippen LogP contribution in [-0.2, 0) is 6.18 Å². The average molecular weight is 291 g/mol. The molecule has 1 atom stereocenters. The van der Waals surface area contributed by atoms with E-state index in [0.29, 0.717) is 0 Å². The lowest BCUT2D eigenvalue weighted by molar-refractivity contribution is -0.137. The molecule has 0 fully saturated rings. The van der Waals surface area contributed by atoms with Crippen molar-refractivity contribution in [3.05, 3.63) is 65.2 Å². The Labute approximate surface area is 120 Å². The monoisotopic (exact) mass is 291 g/mol. The molecule has 0 aliphatic carbocycles. The largest absolute Gasteiger partial charge is 0.486 e. The van der Waals surface area contributed by atoms with Crippen LogP contribution in [-0.4, -0.2) is 0 Å². The Morgan fingerprint density at radius 3 is 2.33 bits per heavy atom. The molecule has 0 bridgehead atoms. The second-order valence-corrected chi connectivity index (χ2v) is 4.49. The highest BCUT2D eigenvalue weighted by Gasteiger charge is 2.33. The van der Waals surface area contributed by atoms with E-state index in [2.05, 4.69) is 0 Å². The van der Waals surface area contributed by atoms with E-state index in [4.69, 9.17) is 10.00 Å². The van der Waals surface area contributed by atoms with Crippen molar-refractivity contribution in [2.45, 2.75) is 19.2 Å². The van der Waals surface area contributed by atoms with Gasteiger partial charge >= 0.3 is 6.18 Å². The molecule has 0 spiro atoms. The minimum Gasteiger partial charge on any atom is -0.486 e. The van der Waals surface area contributed by atoms with E-state index >= 15 is 0 Å². The van der Waals surface area contributed by atoms with Crippen LogP contribution in [0.15, 0.2) is 48.5 Å². The molecule has 0 radical (unpaired) electrons. The van der Waals surface area contributed by atoms with Crippen molar-refractivity contribution in [2.75, 3.05) is 0 Å². The van der Waals surface area contributed by atoms with E-state index in [1.807, 2.05) is 30.3 Å². The number of ether oxygens (including phenoxy) is 1. The summed E-state index contributed by atoms with van der Waals surface area (Å²) in [7, 11) is 0. The summed E-state index contributed by atoms with van der Waals surface area (Å²) in [5.41, 5.74) is -0.499. The van der Waals surface area contributed by atoms with Crippen molar-refractivity contribution in [3.63, 3.8) is 0 Å². The zero-order chi connectivity index (χ0) is 15.5. The zero-order valence-electron chi connectivity index (χ0n) is 11.2. The van der Waals surface area contributed by atoms with Gasteiger partial charge in [-0.3, -0.25) is 0 Å². The normalized spacial score (nSPS) is 12.5. The summed E-state index contributed by atoms with van der Waals surface area (Å²) in [5.74, 6) is 0.232. The Bertz CT molecular complexity index is 659. The van der Waals surface area contributed by atoms with Crippen molar-refractivity contribution in [3.8, 4) is 11.8 Å². The fourth-order valence-electron chi connectivity index (χ4n) is 1.93. The van der Waals surface area contributed by atoms with E-state index < -0.39 is 17.3 Å². The predicted molar refractivity (Wildman–Crippen MR) is 71.6 cm³/mol. The standard InChI is InChI=1S/C16H12F3NO/c1-11(12-5-3-2-4-6-12)21-14-7-8-15(16(17,18)19)13(9-14)10-20/h2-9,11H,1H3. The molecule has 108 valence electrons. The van der Waals surface area contributed by atoms with E-state index in [-0.39, 0.29) is 11.9 Å². The number of halogens is 3. The van der Waals surface area contributed by atoms with Crippen molar-refractivity contribution in [1.29, 1.82) is 5.26 Å². The summed E-state index contributed by atoms with van der Waals surface area (Å²) in [6.45, 7) is 1.79. The topological polar surface area (TPSA) is 33.0 Å². The fraction of sp³-hybridized carbons (Fsp3) is 0.188. The number of nitrogens with zero attached hydrogens (tertiary/aromatic N) is 1. The third kappa shape index (κ3) is 3.54. The van der Waals surface area contributed by atoms with Gasteiger partial charge in [0.1, 0.15) is 11.9 Å². The molecule has 0 amide bonds. The van der Waals surface area contributed by atoms with Gasteiger partial charge in [-0.25, -0.2) is 0 Å². The number of hydrogen-bond acceptors (Lipinski definition) is 2. The highest BCUT2D eigenvalue weighted by Crippen LogP contribution is 2.34. The zero-order valence-corrected chi connectivity index (χ0v) is 11.2. The molecule has 0 aliphatic rings. The molecule has 0 N–H and O–H groups in total. The first-order chi connectivity index (χ1) is 9.91. The molecule has 1 unspecified atom stereocenters. The molecule has 0 aromatic heterocycles. The lowest BCUT2D eigenvalue weighted by Crippen LogP contribution is -2.09. The molecule has 0 saturated heterocycles. The van der Waals surface area contributed by atoms with Gasteiger partial charge in [0.2, 0.25) is 0 Å². The van der Waals surface area contributed by atoms with Gasteiger partial charge in [0.05, 0.1) is 17.2 Å². The van der Waals surface area contributed by atoms with Crippen LogP contribution in [0, 0.1) is 11.3 Å². The van der Waals surface area contributed by atoms with Crippen LogP contribution in [0.25, 0.3) is 0 Å². The average Bonchev–Trinajstić information content (AvgIpc) is 2.46. The highest BCUT2D eigenvalue weighted by atomic mass is 19.4. The summed E-state index contributed by atoms with van der Waals surface area (Å²) in [5, 5.41) is 8.85. The molecule has 2 nitrogen and oxygen atoms in total. The summed E-state index contributed by atoms with van der Waals surface area (Å²) < 4.78 is 43.7. The number of rotatable bonds is 3. The van der Waals surface area contributed by atoms with Crippen LogP contribution >= 0.6 is 0 Å². The molecule has 0 aliphatic heterocycles. The Morgan fingerprint density at radius 1 is 1.10 bits per heavy atom. The lowest BCUT2D eigenvalue weighted by atomic mass is 10.1. The summed E-state index contributed by atoms with van der Waals surface area (Å²) in [4.78, 5) is 0. The Balaban J connectivity index is 2.25. The molecule has 0 saturated carbocycles. The fourth-order valence-corrected chi connectivity index (χ4v) is 1.93. The number of hydrogen-bond donors (Lipinski definition) is 0. The molecule has 5 heteroatoms. The third-order valence-electron chi connectivity index (χ3n) is 3.00. The third-order valence-corrected chi connectivity index (χ3v) is 3.00. The van der Waals surface area contributed by atoms with Gasteiger partial charge in [-0.2, -0.15) is 18.4 Å². The minimum atomic E-state index is -4.55. The maximum atomic E-state index is 12.7. The van der Waals surface area contributed by atoms with Crippen molar-refractivity contribution >= 4 is 0 Å². The van der Waals surface area contributed by atoms with E-state index in [0.717, 1.165) is 17.7 Å². The first kappa shape index (κ1) is 14.9. The molecule has 2 aromatic carbocycles. The van der Waals surface area contributed by atoms with Crippen LogP contribution in [0.5, 0.6) is 5.75 Å². The molecule has 2 aromatic rings. The van der Waals surface area contributed by atoms with Crippen LogP contribution in [0.1, 0.15) is 29.7 Å². The first-order valence-corrected chi connectivity index (χ1v) is 6.25. The first-order valence-electron chi connectivity index (χ1n) is 6.25. The molecule has 21 heavy (non-hydrogen) atoms. The number of alkyl halides is 3. The van der Waals surface area contributed by atoms with Crippen LogP contribution in [0.4, 0.5) is 13.2 Å². The van der Waals surface area contributed by atoms with Gasteiger partial charge in [0.25, 0.3) is 0 Å². The summed E-state index contributed by atoms with van der Waals surface area (Å²) >= 11 is 0. The Hall–Kier alpha value is -2.48. The molecule has 0 heterocycles. The van der Waals surface area contributed by atoms with Crippen molar-refractivity contribution < 1.29 is 17.9 Å². The summed E-state index contributed by atoms with van der Waals surface area (Å²) in [6, 6.07) is 14.0. The molecule has 2 rings (SSSR count). The predicted octanol–water partition coefficient (Wildman–Crippen LogP) is 4.72. The smallest absolute Gasteiger partial charge is 0.417 e. The van der Waals surface area contributed by atoms with Crippen LogP contribution < -0.4 is 4.74 Å². The number of benzene rings is 2. The van der Waals surface area contributed by atoms with Gasteiger partial charge in [-0.15, -0.1) is 0 Å². The van der Waals surface area contributed by atoms with Crippen LogP contribution in [0.3, 0.4) is 0 Å². The van der Waals surface area contributed by atoms with E-state index in [1.54, 1.807) is 13.0 Å². The van der Waals surface area contributed by atoms with Gasteiger partial charge < -0.3 is 4.74 Å². The van der Waals surface area contributed by atoms with Crippen molar-refractivity contribution in [1.82, 2.24) is 0 Å². The Morgan fingerprint density at radius 2 is 1.76 bits per heavy atom. The Kier molecular flexibility index (Phi) is 4.18. The maximum Gasteiger partial charge on any atom is 0.417 e. The van der Waals surface area contributed by atoms with Gasteiger partial charge in [0, 0.05) is 0 Å². The molecular formula is C16H12F3NO. The maximum absolute atomic E-state index is 12.7. The second-order valence-electron chi connectivity index (χ2n) is 4.49. The van der Waals surface area contributed by atoms with E-state index in [9.17, 15) is 13.2 Å². The minimum absolute atomic E-state index is 0.232. The second kappa shape index (κ2) is 5.88. The van der Waals surface area contributed by atoms with Gasteiger partial charge in [-0.1, -0.05) is 30.3 Å². The van der Waals surface area contributed by atoms with E-state index in [1.165, 1.54) is 6.07 Å². The summed E-state index contributed by atoms with van der Waals surface area (Å²) in [6.07, 6.45) is -4.87. The van der Waals surface area contributed by atoms with Gasteiger partial charge in [0.15, 0.2) is 0 Å². The quantitative estimate of drug-likeness (QED) is 0.820. The molecular weight excluding hydrogens is 279 g/mol. The number of nitriles is 1. The van der Waals surface area contributed by atoms with Crippen molar-refractivity contribution in [2.24, 2.45) is 0 Å². The van der Waals surface area contributed by atoms with Gasteiger partial charge in [-0.05, 0) is 30.7 Å².